The van der Waals surface area contributed by atoms with Crippen molar-refractivity contribution in [2.75, 3.05) is 19.8 Å². The Bertz CT molecular complexity index is 379. The third-order valence-electron chi connectivity index (χ3n) is 2.85. The number of ether oxygens (including phenoxy) is 1. The number of nitrogens with one attached hydrogen (secondary N) is 1. The molecule has 0 aliphatic rings. The normalized spacial score (nSPS) is 15.5. The van der Waals surface area contributed by atoms with Gasteiger partial charge >= 0.3 is 6.18 Å². The second-order valence-corrected chi connectivity index (χ2v) is 4.65. The van der Waals surface area contributed by atoms with Crippen LogP contribution in [0.15, 0.2) is 12.4 Å². The number of rotatable bonds is 7. The van der Waals surface area contributed by atoms with Gasteiger partial charge in [0.15, 0.2) is 0 Å². The molecule has 0 aliphatic heterocycles. The maximum Gasteiger partial charge on any atom is 0.411 e. The molecule has 4 nitrogen and oxygen atoms in total. The highest BCUT2D eigenvalue weighted by molar-refractivity contribution is 5.00. The van der Waals surface area contributed by atoms with Gasteiger partial charge in [-0.25, -0.2) is 0 Å². The van der Waals surface area contributed by atoms with Crippen molar-refractivity contribution in [3.8, 4) is 0 Å². The summed E-state index contributed by atoms with van der Waals surface area (Å²) in [5, 5.41) is 7.33. The SMILES string of the molecule is Cc1cnn(C(C)C(C)NCCOCC(F)(F)F)c1. The van der Waals surface area contributed by atoms with Gasteiger partial charge in [-0.1, -0.05) is 0 Å². The van der Waals surface area contributed by atoms with Crippen LogP contribution in [0.5, 0.6) is 0 Å². The number of aryl methyl sites for hydroxylation is 1. The van der Waals surface area contributed by atoms with Crippen molar-refractivity contribution in [2.45, 2.75) is 39.0 Å². The van der Waals surface area contributed by atoms with Gasteiger partial charge in [0.05, 0.1) is 18.8 Å². The van der Waals surface area contributed by atoms with Gasteiger partial charge in [0.25, 0.3) is 0 Å². The van der Waals surface area contributed by atoms with Crippen molar-refractivity contribution >= 4 is 0 Å². The van der Waals surface area contributed by atoms with E-state index in [1.54, 1.807) is 6.20 Å². The lowest BCUT2D eigenvalue weighted by atomic mass is 10.2. The lowest BCUT2D eigenvalue weighted by Gasteiger charge is -2.21. The first-order valence-electron chi connectivity index (χ1n) is 6.18. The molecule has 1 heterocycles. The predicted octanol–water partition coefficient (Wildman–Crippen LogP) is 2.31. The molecule has 19 heavy (non-hydrogen) atoms. The van der Waals surface area contributed by atoms with Crippen LogP contribution in [0.1, 0.15) is 25.5 Å². The van der Waals surface area contributed by atoms with Crippen molar-refractivity contribution < 1.29 is 17.9 Å². The van der Waals surface area contributed by atoms with Gasteiger partial charge in [0.1, 0.15) is 6.61 Å². The van der Waals surface area contributed by atoms with E-state index in [1.165, 1.54) is 0 Å². The van der Waals surface area contributed by atoms with E-state index >= 15 is 0 Å². The zero-order chi connectivity index (χ0) is 14.5. The summed E-state index contributed by atoms with van der Waals surface area (Å²) in [6, 6.07) is 0.213. The van der Waals surface area contributed by atoms with Gasteiger partial charge in [0, 0.05) is 18.8 Å². The zero-order valence-electron chi connectivity index (χ0n) is 11.4. The van der Waals surface area contributed by atoms with Crippen LogP contribution in [0.4, 0.5) is 13.2 Å². The average Bonchev–Trinajstić information content (AvgIpc) is 2.72. The Labute approximate surface area is 110 Å². The zero-order valence-corrected chi connectivity index (χ0v) is 11.4. The summed E-state index contributed by atoms with van der Waals surface area (Å²) < 4.78 is 41.9. The molecular weight excluding hydrogens is 259 g/mol. The molecule has 1 aromatic rings. The monoisotopic (exact) mass is 279 g/mol. The number of halogens is 3. The first-order chi connectivity index (χ1) is 8.79. The molecule has 0 spiro atoms. The summed E-state index contributed by atoms with van der Waals surface area (Å²) in [6.07, 6.45) is -0.551. The maximum absolute atomic E-state index is 11.8. The van der Waals surface area contributed by atoms with Crippen LogP contribution in [0.2, 0.25) is 0 Å². The Morgan fingerprint density at radius 2 is 2.11 bits per heavy atom. The van der Waals surface area contributed by atoms with Crippen LogP contribution in [0.25, 0.3) is 0 Å². The van der Waals surface area contributed by atoms with Crippen LogP contribution in [-0.4, -0.2) is 41.8 Å². The largest absolute Gasteiger partial charge is 0.411 e. The lowest BCUT2D eigenvalue weighted by molar-refractivity contribution is -0.173. The van der Waals surface area contributed by atoms with E-state index in [0.29, 0.717) is 6.54 Å². The fourth-order valence-electron chi connectivity index (χ4n) is 1.60. The van der Waals surface area contributed by atoms with Gasteiger partial charge in [-0.2, -0.15) is 18.3 Å². The summed E-state index contributed by atoms with van der Waals surface area (Å²) in [5.74, 6) is 0. The first kappa shape index (κ1) is 16.0. The summed E-state index contributed by atoms with van der Waals surface area (Å²) >= 11 is 0. The number of aromatic nitrogens is 2. The van der Waals surface area contributed by atoms with Crippen molar-refractivity contribution in [3.63, 3.8) is 0 Å². The lowest BCUT2D eigenvalue weighted by Crippen LogP contribution is -2.36. The number of nitrogens with zero attached hydrogens (tertiary/aromatic N) is 2. The molecule has 0 saturated heterocycles. The molecule has 0 fully saturated rings. The second-order valence-electron chi connectivity index (χ2n) is 4.65. The molecule has 2 unspecified atom stereocenters. The van der Waals surface area contributed by atoms with Crippen molar-refractivity contribution in [2.24, 2.45) is 0 Å². The standard InChI is InChI=1S/C12H20F3N3O/c1-9-6-17-18(7-9)11(3)10(2)16-4-5-19-8-12(13,14)15/h6-7,10-11,16H,4-5,8H2,1-3H3. The highest BCUT2D eigenvalue weighted by Gasteiger charge is 2.27. The van der Waals surface area contributed by atoms with Crippen molar-refractivity contribution in [1.29, 1.82) is 0 Å². The van der Waals surface area contributed by atoms with Gasteiger partial charge in [-0.3, -0.25) is 4.68 Å². The number of hydrogen-bond donors (Lipinski definition) is 1. The van der Waals surface area contributed by atoms with Crippen LogP contribution in [0.3, 0.4) is 0 Å². The summed E-state index contributed by atoms with van der Waals surface area (Å²) in [7, 11) is 0. The van der Waals surface area contributed by atoms with Gasteiger partial charge in [-0.15, -0.1) is 0 Å². The van der Waals surface area contributed by atoms with E-state index < -0.39 is 12.8 Å². The molecule has 0 bridgehead atoms. The Balaban J connectivity index is 2.22. The van der Waals surface area contributed by atoms with Crippen LogP contribution < -0.4 is 5.32 Å². The Hall–Kier alpha value is -1.08. The van der Waals surface area contributed by atoms with Crippen molar-refractivity contribution in [1.82, 2.24) is 15.1 Å². The molecular formula is C12H20F3N3O. The third-order valence-corrected chi connectivity index (χ3v) is 2.85. The average molecular weight is 279 g/mol. The Morgan fingerprint density at radius 1 is 1.42 bits per heavy atom. The molecule has 1 aromatic heterocycles. The van der Waals surface area contributed by atoms with E-state index in [0.717, 1.165) is 5.56 Å². The Morgan fingerprint density at radius 3 is 2.63 bits per heavy atom. The molecule has 0 aromatic carbocycles. The van der Waals surface area contributed by atoms with E-state index in [2.05, 4.69) is 15.2 Å². The molecule has 0 saturated carbocycles. The van der Waals surface area contributed by atoms with Crippen LogP contribution >= 0.6 is 0 Å². The molecule has 110 valence electrons. The summed E-state index contributed by atoms with van der Waals surface area (Å²) in [6.45, 7) is 5.14. The minimum atomic E-state index is -4.26. The predicted molar refractivity (Wildman–Crippen MR) is 66.0 cm³/mol. The number of hydrogen-bond acceptors (Lipinski definition) is 3. The van der Waals surface area contributed by atoms with E-state index in [-0.39, 0.29) is 18.7 Å². The summed E-state index contributed by atoms with van der Waals surface area (Å²) in [5.41, 5.74) is 1.08. The molecule has 0 amide bonds. The maximum atomic E-state index is 11.8. The topological polar surface area (TPSA) is 39.1 Å². The third kappa shape index (κ3) is 6.07. The molecule has 1 rings (SSSR count). The first-order valence-corrected chi connectivity index (χ1v) is 6.18. The smallest absolute Gasteiger partial charge is 0.371 e. The Kier molecular flexibility index (Phi) is 5.81. The minimum Gasteiger partial charge on any atom is -0.371 e. The fourth-order valence-corrected chi connectivity index (χ4v) is 1.60. The minimum absolute atomic E-state index is 0.0364. The quantitative estimate of drug-likeness (QED) is 0.778. The van der Waals surface area contributed by atoms with Crippen LogP contribution in [0, 0.1) is 6.92 Å². The molecule has 1 N–H and O–H groups in total. The van der Waals surface area contributed by atoms with E-state index in [4.69, 9.17) is 0 Å². The van der Waals surface area contributed by atoms with Gasteiger partial charge < -0.3 is 10.1 Å². The highest BCUT2D eigenvalue weighted by atomic mass is 19.4. The van der Waals surface area contributed by atoms with Crippen molar-refractivity contribution in [3.05, 3.63) is 18.0 Å². The van der Waals surface area contributed by atoms with E-state index in [1.807, 2.05) is 31.6 Å². The fraction of sp³-hybridized carbons (Fsp3) is 0.750. The molecule has 2 atom stereocenters. The molecule has 7 heteroatoms. The molecule has 0 aliphatic carbocycles. The highest BCUT2D eigenvalue weighted by Crippen LogP contribution is 2.14. The van der Waals surface area contributed by atoms with Gasteiger partial charge in [-0.05, 0) is 26.3 Å². The van der Waals surface area contributed by atoms with E-state index in [9.17, 15) is 13.2 Å². The summed E-state index contributed by atoms with van der Waals surface area (Å²) in [4.78, 5) is 0. The molecule has 0 radical (unpaired) electrons. The number of alkyl halides is 3. The van der Waals surface area contributed by atoms with Gasteiger partial charge in [0.2, 0.25) is 0 Å². The second kappa shape index (κ2) is 6.91. The van der Waals surface area contributed by atoms with Crippen LogP contribution in [-0.2, 0) is 4.74 Å².